The van der Waals surface area contributed by atoms with E-state index in [9.17, 15) is 37.7 Å². The number of ether oxygens (including phenoxy) is 4. The molecular formula is C50H57BrF3N7O9. The van der Waals surface area contributed by atoms with E-state index in [1.807, 2.05) is 13.0 Å². The number of hydrogen-bond acceptors (Lipinski definition) is 11. The van der Waals surface area contributed by atoms with E-state index in [2.05, 4.69) is 67.3 Å². The number of alkyl halides is 3. The fraction of sp³-hybridized carbons (Fsp3) is 0.460. The van der Waals surface area contributed by atoms with Gasteiger partial charge in [-0.05, 0) is 110 Å². The summed E-state index contributed by atoms with van der Waals surface area (Å²) in [4.78, 5) is 63.3. The van der Waals surface area contributed by atoms with Gasteiger partial charge < -0.3 is 34.1 Å². The van der Waals surface area contributed by atoms with E-state index in [0.717, 1.165) is 39.7 Å². The summed E-state index contributed by atoms with van der Waals surface area (Å²) in [5.41, 5.74) is 3.80. The third-order valence-corrected chi connectivity index (χ3v) is 13.8. The van der Waals surface area contributed by atoms with Crippen molar-refractivity contribution >= 4 is 51.0 Å². The van der Waals surface area contributed by atoms with Gasteiger partial charge in [0.25, 0.3) is 11.6 Å². The number of benzene rings is 3. The molecule has 2 aliphatic carbocycles. The molecule has 3 aromatic carbocycles. The van der Waals surface area contributed by atoms with Crippen molar-refractivity contribution in [3.05, 3.63) is 122 Å². The van der Waals surface area contributed by atoms with E-state index < -0.39 is 29.7 Å². The first-order chi connectivity index (χ1) is 33.3. The molecule has 0 radical (unpaired) electrons. The van der Waals surface area contributed by atoms with Crippen LogP contribution in [0, 0.1) is 41.2 Å². The van der Waals surface area contributed by atoms with Crippen LogP contribution in [0.5, 0.6) is 11.5 Å². The standard InChI is InChI=1S/C50H57BrF3N7O9/c1-31-22-44(43(25-42(31)51)57-48(64)58-45-27-55-32(2)26-56-45)69-29-37-28-59(18-21-68-37)46(62)10-5-6-19-67-20-17-60(47(63)33-12-15-36(16-13-33)70-50(52,53)54)30-49(3,4)41-23-34-11-14-35(61(65)66)24-40(34)38-8-7-9-39(38)41/h7-8,11-16,22,24-27,37-39,41H,5-6,9-10,17-21,23,28-30H2,1-4H3,(H2,56,57,58,64)/t37-,38?,39?,41?/m0/s1. The van der Waals surface area contributed by atoms with Crippen LogP contribution in [0.4, 0.5) is 35.2 Å². The van der Waals surface area contributed by atoms with E-state index in [1.165, 1.54) is 24.4 Å². The minimum atomic E-state index is -4.88. The predicted octanol–water partition coefficient (Wildman–Crippen LogP) is 9.80. The zero-order chi connectivity index (χ0) is 50.2. The van der Waals surface area contributed by atoms with Gasteiger partial charge in [0, 0.05) is 60.7 Å². The third kappa shape index (κ3) is 13.6. The molecule has 0 bridgehead atoms. The maximum atomic E-state index is 14.1. The largest absolute Gasteiger partial charge is 0.573 e. The van der Waals surface area contributed by atoms with Crippen LogP contribution < -0.4 is 20.1 Å². The minimum absolute atomic E-state index is 0.000139. The zero-order valence-electron chi connectivity index (χ0n) is 39.4. The number of non-ortho nitro benzene ring substituents is 1. The van der Waals surface area contributed by atoms with Gasteiger partial charge in [-0.15, -0.1) is 13.2 Å². The Balaban J connectivity index is 0.900. The van der Waals surface area contributed by atoms with Crippen molar-refractivity contribution in [2.45, 2.75) is 78.2 Å². The highest BCUT2D eigenvalue weighted by atomic mass is 79.9. The first-order valence-corrected chi connectivity index (χ1v) is 24.0. The lowest BCUT2D eigenvalue weighted by Gasteiger charge is -2.46. The monoisotopic (exact) mass is 1040 g/mol. The summed E-state index contributed by atoms with van der Waals surface area (Å²) in [5.74, 6) is 0.136. The maximum absolute atomic E-state index is 14.1. The van der Waals surface area contributed by atoms with Crippen LogP contribution >= 0.6 is 15.9 Å². The van der Waals surface area contributed by atoms with Gasteiger partial charge in [-0.25, -0.2) is 9.78 Å². The summed E-state index contributed by atoms with van der Waals surface area (Å²) < 4.78 is 61.7. The molecule has 4 atom stereocenters. The first kappa shape index (κ1) is 51.7. The highest BCUT2D eigenvalue weighted by Crippen LogP contribution is 2.52. The number of nitrogens with one attached hydrogen (secondary N) is 2. The molecule has 20 heteroatoms. The molecule has 70 heavy (non-hydrogen) atoms. The summed E-state index contributed by atoms with van der Waals surface area (Å²) >= 11 is 3.51. The number of carbonyl (C=O) groups is 3. The lowest BCUT2D eigenvalue weighted by Crippen LogP contribution is -2.47. The second-order valence-electron chi connectivity index (χ2n) is 18.5. The summed E-state index contributed by atoms with van der Waals surface area (Å²) in [6, 6.07) is 12.9. The van der Waals surface area contributed by atoms with Gasteiger partial charge in [0.15, 0.2) is 5.82 Å². The Morgan fingerprint density at radius 2 is 1.80 bits per heavy atom. The number of nitrogens with zero attached hydrogens (tertiary/aromatic N) is 5. The third-order valence-electron chi connectivity index (χ3n) is 13.0. The second-order valence-corrected chi connectivity index (χ2v) is 19.4. The number of carbonyl (C=O) groups excluding carboxylic acids is 3. The predicted molar refractivity (Wildman–Crippen MR) is 258 cm³/mol. The molecule has 374 valence electrons. The molecule has 3 unspecified atom stereocenters. The van der Waals surface area contributed by atoms with E-state index in [1.54, 1.807) is 41.1 Å². The van der Waals surface area contributed by atoms with Crippen molar-refractivity contribution in [3.63, 3.8) is 0 Å². The van der Waals surface area contributed by atoms with Crippen LogP contribution in [0.25, 0.3) is 0 Å². The van der Waals surface area contributed by atoms with Crippen LogP contribution in [0.1, 0.15) is 78.2 Å². The average molecular weight is 1040 g/mol. The van der Waals surface area contributed by atoms with Crippen molar-refractivity contribution < 1.29 is 51.4 Å². The SMILES string of the molecule is Cc1cnc(NC(=O)Nc2cc(Br)c(C)cc2OC[C@@H]2CN(C(=O)CCCCOCCN(CC(C)(C)C3Cc4ccc([N+](=O)[O-])cc4C4C=CCC43)C(=O)c3ccc(OC(F)(F)F)cc3)CCO2)cn1. The van der Waals surface area contributed by atoms with Gasteiger partial charge >= 0.3 is 12.4 Å². The highest BCUT2D eigenvalue weighted by molar-refractivity contribution is 9.10. The maximum Gasteiger partial charge on any atom is 0.573 e. The Morgan fingerprint density at radius 1 is 1.01 bits per heavy atom. The number of fused-ring (bicyclic) bond motifs is 3. The van der Waals surface area contributed by atoms with E-state index in [4.69, 9.17) is 14.2 Å². The first-order valence-electron chi connectivity index (χ1n) is 23.2. The lowest BCUT2D eigenvalue weighted by molar-refractivity contribution is -0.385. The molecule has 4 amide bonds. The van der Waals surface area contributed by atoms with Crippen LogP contribution in [0.15, 0.2) is 83.6 Å². The number of urea groups is 1. The molecule has 0 spiro atoms. The Labute approximate surface area is 412 Å². The van der Waals surface area contributed by atoms with Crippen molar-refractivity contribution in [1.82, 2.24) is 19.8 Å². The highest BCUT2D eigenvalue weighted by Gasteiger charge is 2.45. The van der Waals surface area contributed by atoms with Crippen LogP contribution in [-0.4, -0.2) is 108 Å². The number of amides is 4. The lowest BCUT2D eigenvalue weighted by atomic mass is 9.60. The molecule has 2 N–H and O–H groups in total. The zero-order valence-corrected chi connectivity index (χ0v) is 41.0. The van der Waals surface area contributed by atoms with Crippen LogP contribution in [0.3, 0.4) is 0 Å². The molecule has 1 fully saturated rings. The second kappa shape index (κ2) is 22.7. The van der Waals surface area contributed by atoms with Crippen molar-refractivity contribution in [2.75, 3.05) is 63.2 Å². The number of aromatic nitrogens is 2. The Hall–Kier alpha value is -6.12. The Bertz CT molecular complexity index is 2550. The van der Waals surface area contributed by atoms with Crippen molar-refractivity contribution in [2.24, 2.45) is 17.3 Å². The molecule has 0 saturated carbocycles. The van der Waals surface area contributed by atoms with Gasteiger partial charge in [0.05, 0.1) is 48.5 Å². The van der Waals surface area contributed by atoms with Crippen LogP contribution in [0.2, 0.25) is 0 Å². The number of rotatable bonds is 19. The number of anilines is 2. The van der Waals surface area contributed by atoms with Crippen molar-refractivity contribution in [3.8, 4) is 11.5 Å². The van der Waals surface area contributed by atoms with Gasteiger partial charge in [0.1, 0.15) is 24.2 Å². The van der Waals surface area contributed by atoms with E-state index in [-0.39, 0.29) is 71.3 Å². The topological polar surface area (TPSA) is 188 Å². The summed E-state index contributed by atoms with van der Waals surface area (Å²) in [7, 11) is 0. The molecule has 4 aromatic rings. The number of halogens is 4. The van der Waals surface area contributed by atoms with Gasteiger partial charge in [-0.2, -0.15) is 0 Å². The average Bonchev–Trinajstić information content (AvgIpc) is 3.82. The summed E-state index contributed by atoms with van der Waals surface area (Å²) in [6.07, 6.45) is 4.85. The smallest absolute Gasteiger partial charge is 0.489 e. The fourth-order valence-electron chi connectivity index (χ4n) is 9.44. The number of allylic oxidation sites excluding steroid dienone is 2. The van der Waals surface area contributed by atoms with E-state index in [0.29, 0.717) is 75.7 Å². The molecule has 1 aliphatic heterocycles. The minimum Gasteiger partial charge on any atom is -0.489 e. The number of nitro benzene ring substituents is 1. The molecule has 3 aliphatic rings. The molecule has 2 heterocycles. The molecule has 1 saturated heterocycles. The van der Waals surface area contributed by atoms with Crippen molar-refractivity contribution in [1.29, 1.82) is 0 Å². The fourth-order valence-corrected chi connectivity index (χ4v) is 9.79. The van der Waals surface area contributed by atoms with Gasteiger partial charge in [-0.1, -0.05) is 48.0 Å². The number of morpholine rings is 1. The number of nitro groups is 1. The Morgan fingerprint density at radius 3 is 2.53 bits per heavy atom. The van der Waals surface area contributed by atoms with Gasteiger partial charge in [0.2, 0.25) is 5.91 Å². The normalized spacial score (nSPS) is 18.7. The number of unbranched alkanes of at least 4 members (excludes halogenated alkanes) is 1. The summed E-state index contributed by atoms with van der Waals surface area (Å²) in [6.45, 7) is 10.2. The number of hydrogen-bond donors (Lipinski definition) is 2. The van der Waals surface area contributed by atoms with Gasteiger partial charge in [-0.3, -0.25) is 30.0 Å². The summed E-state index contributed by atoms with van der Waals surface area (Å²) in [5, 5.41) is 17.1. The molecular weight excluding hydrogens is 979 g/mol. The molecule has 7 rings (SSSR count). The quantitative estimate of drug-likeness (QED) is 0.0394. The van der Waals surface area contributed by atoms with E-state index >= 15 is 0 Å². The van der Waals surface area contributed by atoms with Crippen LogP contribution in [-0.2, 0) is 20.7 Å². The molecule has 16 nitrogen and oxygen atoms in total. The Kier molecular flexibility index (Phi) is 16.8. The molecule has 1 aromatic heterocycles. The number of aryl methyl sites for hydroxylation is 2.